The molecule has 0 aliphatic carbocycles. The molecule has 2 nitrogen and oxygen atoms in total. The van der Waals surface area contributed by atoms with Crippen LogP contribution in [0.5, 0.6) is 0 Å². The summed E-state index contributed by atoms with van der Waals surface area (Å²) in [4.78, 5) is 0. The Hall–Kier alpha value is -0.570. The topological polar surface area (TPSA) is 46.2 Å². The molecule has 12 heavy (non-hydrogen) atoms. The van der Waals surface area contributed by atoms with Gasteiger partial charge in [0.2, 0.25) is 0 Å². The number of aryl methyl sites for hydroxylation is 1. The second kappa shape index (κ2) is 3.90. The van der Waals surface area contributed by atoms with E-state index in [1.165, 1.54) is 0 Å². The Morgan fingerprint density at radius 2 is 2.25 bits per heavy atom. The normalized spacial score (nSPS) is 13.0. The molecule has 0 unspecified atom stereocenters. The van der Waals surface area contributed by atoms with Crippen molar-refractivity contribution in [3.63, 3.8) is 0 Å². The largest absolute Gasteiger partial charge is 0.387 e. The Balaban J connectivity index is 3.12. The van der Waals surface area contributed by atoms with Gasteiger partial charge < -0.3 is 10.8 Å². The lowest BCUT2D eigenvalue weighted by Gasteiger charge is -2.12. The van der Waals surface area contributed by atoms with Crippen LogP contribution in [0.15, 0.2) is 18.2 Å². The molecule has 0 bridgehead atoms. The number of hydrogen-bond acceptors (Lipinski definition) is 2. The summed E-state index contributed by atoms with van der Waals surface area (Å²) in [7, 11) is 0. The third-order valence-electron chi connectivity index (χ3n) is 1.83. The first-order chi connectivity index (χ1) is 5.66. The van der Waals surface area contributed by atoms with Crippen molar-refractivity contribution in [1.82, 2.24) is 0 Å². The number of aliphatic hydroxyl groups excluding tert-OH is 1. The predicted molar refractivity (Wildman–Crippen MR) is 50.2 cm³/mol. The number of nitrogens with two attached hydrogens (primary N) is 1. The van der Waals surface area contributed by atoms with Gasteiger partial charge in [-0.2, -0.15) is 0 Å². The molecule has 1 aromatic carbocycles. The third kappa shape index (κ3) is 1.78. The van der Waals surface area contributed by atoms with Crippen molar-refractivity contribution in [3.05, 3.63) is 34.3 Å². The first-order valence-corrected chi connectivity index (χ1v) is 4.17. The van der Waals surface area contributed by atoms with E-state index < -0.39 is 6.10 Å². The van der Waals surface area contributed by atoms with E-state index in [-0.39, 0.29) is 6.54 Å². The molecule has 0 saturated heterocycles. The van der Waals surface area contributed by atoms with Crippen LogP contribution in [0.1, 0.15) is 17.2 Å². The zero-order chi connectivity index (χ0) is 9.14. The molecular weight excluding hydrogens is 174 g/mol. The van der Waals surface area contributed by atoms with Gasteiger partial charge in [-0.05, 0) is 18.6 Å². The van der Waals surface area contributed by atoms with Gasteiger partial charge in [-0.15, -0.1) is 0 Å². The van der Waals surface area contributed by atoms with Crippen LogP contribution in [0.4, 0.5) is 0 Å². The van der Waals surface area contributed by atoms with E-state index >= 15 is 0 Å². The maximum Gasteiger partial charge on any atom is 0.0929 e. The molecule has 0 spiro atoms. The number of hydrogen-bond donors (Lipinski definition) is 2. The molecule has 1 atom stereocenters. The van der Waals surface area contributed by atoms with Crippen LogP contribution in [-0.4, -0.2) is 11.7 Å². The van der Waals surface area contributed by atoms with Crippen LogP contribution in [-0.2, 0) is 0 Å². The zero-order valence-electron chi connectivity index (χ0n) is 6.92. The summed E-state index contributed by atoms with van der Waals surface area (Å²) < 4.78 is 0. The fraction of sp³-hybridized carbons (Fsp3) is 0.333. The van der Waals surface area contributed by atoms with Crippen molar-refractivity contribution in [2.75, 3.05) is 6.54 Å². The van der Waals surface area contributed by atoms with Crippen LogP contribution in [0.25, 0.3) is 0 Å². The molecule has 1 rings (SSSR count). The maximum absolute atomic E-state index is 9.48. The van der Waals surface area contributed by atoms with Crippen LogP contribution in [0.2, 0.25) is 5.02 Å². The van der Waals surface area contributed by atoms with Gasteiger partial charge in [0.25, 0.3) is 0 Å². The summed E-state index contributed by atoms with van der Waals surface area (Å²) in [5, 5.41) is 10.1. The molecule has 66 valence electrons. The summed E-state index contributed by atoms with van der Waals surface area (Å²) in [6, 6.07) is 5.51. The molecule has 3 N–H and O–H groups in total. The van der Waals surface area contributed by atoms with E-state index in [4.69, 9.17) is 17.3 Å². The van der Waals surface area contributed by atoms with Crippen molar-refractivity contribution < 1.29 is 5.11 Å². The molecular formula is C9H12ClNO. The minimum absolute atomic E-state index is 0.199. The molecule has 0 aliphatic rings. The highest BCUT2D eigenvalue weighted by Gasteiger charge is 2.11. The fourth-order valence-corrected chi connectivity index (χ4v) is 1.53. The quantitative estimate of drug-likeness (QED) is 0.736. The first kappa shape index (κ1) is 9.52. The number of halogens is 1. The van der Waals surface area contributed by atoms with Gasteiger partial charge in [0.05, 0.1) is 6.10 Å². The molecule has 1 aromatic rings. The van der Waals surface area contributed by atoms with Gasteiger partial charge in [0.15, 0.2) is 0 Å². The Morgan fingerprint density at radius 1 is 1.58 bits per heavy atom. The minimum atomic E-state index is -0.654. The van der Waals surface area contributed by atoms with E-state index in [9.17, 15) is 5.11 Å². The minimum Gasteiger partial charge on any atom is -0.387 e. The highest BCUT2D eigenvalue weighted by molar-refractivity contribution is 6.31. The molecule has 3 heteroatoms. The van der Waals surface area contributed by atoms with E-state index in [1.54, 1.807) is 6.07 Å². The van der Waals surface area contributed by atoms with Crippen LogP contribution in [0.3, 0.4) is 0 Å². The second-order valence-corrected chi connectivity index (χ2v) is 3.13. The number of benzene rings is 1. The second-order valence-electron chi connectivity index (χ2n) is 2.72. The van der Waals surface area contributed by atoms with Crippen molar-refractivity contribution in [2.45, 2.75) is 13.0 Å². The summed E-state index contributed by atoms with van der Waals surface area (Å²) >= 11 is 5.89. The zero-order valence-corrected chi connectivity index (χ0v) is 7.67. The molecule has 0 saturated carbocycles. The van der Waals surface area contributed by atoms with Crippen molar-refractivity contribution >= 4 is 11.6 Å². The van der Waals surface area contributed by atoms with Gasteiger partial charge in [0.1, 0.15) is 0 Å². The highest BCUT2D eigenvalue weighted by Crippen LogP contribution is 2.25. The summed E-state index contributed by atoms with van der Waals surface area (Å²) in [6.45, 7) is 2.10. The van der Waals surface area contributed by atoms with Gasteiger partial charge in [0, 0.05) is 17.1 Å². The molecule has 0 radical (unpaired) electrons. The lowest BCUT2D eigenvalue weighted by Crippen LogP contribution is -2.13. The lowest BCUT2D eigenvalue weighted by atomic mass is 10.0. The smallest absolute Gasteiger partial charge is 0.0929 e. The van der Waals surface area contributed by atoms with Crippen LogP contribution in [0, 0.1) is 6.92 Å². The molecule has 0 aromatic heterocycles. The maximum atomic E-state index is 9.48. The Labute approximate surface area is 77.0 Å². The standard InChI is InChI=1S/C9H12ClNO/c1-6-3-2-4-7(10)9(6)8(12)5-11/h2-4,8,12H,5,11H2,1H3/t8-/m1/s1. The summed E-state index contributed by atoms with van der Waals surface area (Å²) in [5.74, 6) is 0. The fourth-order valence-electron chi connectivity index (χ4n) is 1.18. The molecule has 0 aliphatic heterocycles. The molecule has 0 amide bonds. The average Bonchev–Trinajstić information content (AvgIpc) is 2.03. The van der Waals surface area contributed by atoms with Crippen molar-refractivity contribution in [3.8, 4) is 0 Å². The van der Waals surface area contributed by atoms with E-state index in [2.05, 4.69) is 0 Å². The van der Waals surface area contributed by atoms with Crippen LogP contribution < -0.4 is 5.73 Å². The SMILES string of the molecule is Cc1cccc(Cl)c1[C@H](O)CN. The summed E-state index contributed by atoms with van der Waals surface area (Å²) in [6.07, 6.45) is -0.654. The monoisotopic (exact) mass is 185 g/mol. The predicted octanol–water partition coefficient (Wildman–Crippen LogP) is 1.64. The van der Waals surface area contributed by atoms with Crippen molar-refractivity contribution in [1.29, 1.82) is 0 Å². The average molecular weight is 186 g/mol. The Bertz CT molecular complexity index is 255. The third-order valence-corrected chi connectivity index (χ3v) is 2.16. The van der Waals surface area contributed by atoms with E-state index in [0.717, 1.165) is 11.1 Å². The van der Waals surface area contributed by atoms with Crippen LogP contribution >= 0.6 is 11.6 Å². The Morgan fingerprint density at radius 3 is 2.75 bits per heavy atom. The van der Waals surface area contributed by atoms with Gasteiger partial charge in [-0.1, -0.05) is 23.7 Å². The van der Waals surface area contributed by atoms with E-state index in [0.29, 0.717) is 5.02 Å². The Kier molecular flexibility index (Phi) is 3.09. The van der Waals surface area contributed by atoms with Gasteiger partial charge in [-0.3, -0.25) is 0 Å². The number of rotatable bonds is 2. The first-order valence-electron chi connectivity index (χ1n) is 3.80. The van der Waals surface area contributed by atoms with Gasteiger partial charge >= 0.3 is 0 Å². The van der Waals surface area contributed by atoms with Gasteiger partial charge in [-0.25, -0.2) is 0 Å². The molecule has 0 fully saturated rings. The van der Waals surface area contributed by atoms with E-state index in [1.807, 2.05) is 19.1 Å². The van der Waals surface area contributed by atoms with Crippen molar-refractivity contribution in [2.24, 2.45) is 5.73 Å². The highest BCUT2D eigenvalue weighted by atomic mass is 35.5. The lowest BCUT2D eigenvalue weighted by molar-refractivity contribution is 0.186. The summed E-state index contributed by atoms with van der Waals surface area (Å²) in [5.41, 5.74) is 7.04. The molecule has 0 heterocycles. The number of aliphatic hydroxyl groups is 1.